The normalized spacial score (nSPS) is 19.1. The first-order chi connectivity index (χ1) is 7.72. The van der Waals surface area contributed by atoms with Crippen LogP contribution in [0.4, 0.5) is 4.79 Å². The third kappa shape index (κ3) is 5.35. The van der Waals surface area contributed by atoms with E-state index >= 15 is 0 Å². The van der Waals surface area contributed by atoms with Crippen molar-refractivity contribution in [2.24, 2.45) is 0 Å². The molecular formula is C12H23NO3. The van der Waals surface area contributed by atoms with Gasteiger partial charge in [0.25, 0.3) is 0 Å². The predicted octanol–water partition coefficient (Wildman–Crippen LogP) is 2.42. The van der Waals surface area contributed by atoms with Crippen molar-refractivity contribution in [2.75, 3.05) is 26.2 Å². The van der Waals surface area contributed by atoms with Crippen LogP contribution in [0, 0.1) is 0 Å². The van der Waals surface area contributed by atoms with Crippen LogP contribution in [0.15, 0.2) is 0 Å². The summed E-state index contributed by atoms with van der Waals surface area (Å²) in [6.45, 7) is 7.37. The monoisotopic (exact) mass is 229 g/mol. The van der Waals surface area contributed by atoms with Crippen molar-refractivity contribution >= 4 is 6.16 Å². The molecular weight excluding hydrogens is 206 g/mol. The van der Waals surface area contributed by atoms with E-state index in [1.165, 1.54) is 19.3 Å². The highest BCUT2D eigenvalue weighted by atomic mass is 16.7. The highest BCUT2D eigenvalue weighted by Crippen LogP contribution is 2.07. The molecule has 0 spiro atoms. The summed E-state index contributed by atoms with van der Waals surface area (Å²) in [6.07, 6.45) is 4.08. The fourth-order valence-electron chi connectivity index (χ4n) is 1.72. The van der Waals surface area contributed by atoms with Crippen molar-refractivity contribution in [1.29, 1.82) is 0 Å². The van der Waals surface area contributed by atoms with Crippen LogP contribution in [-0.4, -0.2) is 43.4 Å². The molecule has 1 unspecified atom stereocenters. The smallest absolute Gasteiger partial charge is 0.433 e. The van der Waals surface area contributed by atoms with Gasteiger partial charge in [0, 0.05) is 6.54 Å². The second-order valence-electron chi connectivity index (χ2n) is 4.34. The predicted molar refractivity (Wildman–Crippen MR) is 62.5 cm³/mol. The van der Waals surface area contributed by atoms with Crippen LogP contribution < -0.4 is 0 Å². The van der Waals surface area contributed by atoms with E-state index in [0.29, 0.717) is 6.61 Å². The van der Waals surface area contributed by atoms with Crippen molar-refractivity contribution < 1.29 is 14.3 Å². The number of hydrogen-bond donors (Lipinski definition) is 0. The molecule has 0 aliphatic carbocycles. The topological polar surface area (TPSA) is 38.8 Å². The molecule has 0 aromatic carbocycles. The molecule has 0 aromatic rings. The number of nitrogens with zero attached hydrogens (tertiary/aromatic N) is 1. The Morgan fingerprint density at radius 3 is 2.62 bits per heavy atom. The first-order valence-corrected chi connectivity index (χ1v) is 6.28. The standard InChI is InChI=1S/C12H23NO3/c1-3-11(2)16-12(14)15-10-9-13-7-5-4-6-8-13/h11H,3-10H2,1-2H3. The molecule has 1 rings (SSSR count). The molecule has 4 nitrogen and oxygen atoms in total. The molecule has 4 heteroatoms. The lowest BCUT2D eigenvalue weighted by molar-refractivity contribution is 0.0221. The minimum atomic E-state index is -0.536. The lowest BCUT2D eigenvalue weighted by Crippen LogP contribution is -2.33. The SMILES string of the molecule is CCC(C)OC(=O)OCCN1CCCCC1. The van der Waals surface area contributed by atoms with E-state index in [1.807, 2.05) is 13.8 Å². The highest BCUT2D eigenvalue weighted by molar-refractivity contribution is 5.60. The van der Waals surface area contributed by atoms with Gasteiger partial charge in [-0.1, -0.05) is 13.3 Å². The van der Waals surface area contributed by atoms with E-state index in [1.54, 1.807) is 0 Å². The Morgan fingerprint density at radius 1 is 1.31 bits per heavy atom. The van der Waals surface area contributed by atoms with Crippen molar-refractivity contribution in [3.63, 3.8) is 0 Å². The fraction of sp³-hybridized carbons (Fsp3) is 0.917. The van der Waals surface area contributed by atoms with Gasteiger partial charge in [0.1, 0.15) is 12.7 Å². The summed E-state index contributed by atoms with van der Waals surface area (Å²) in [4.78, 5) is 13.5. The van der Waals surface area contributed by atoms with E-state index in [2.05, 4.69) is 4.90 Å². The Bertz CT molecular complexity index is 202. The number of carbonyl (C=O) groups excluding carboxylic acids is 1. The molecule has 1 aliphatic heterocycles. The van der Waals surface area contributed by atoms with Gasteiger partial charge in [-0.25, -0.2) is 4.79 Å². The molecule has 0 N–H and O–H groups in total. The maximum Gasteiger partial charge on any atom is 0.508 e. The molecule has 0 bridgehead atoms. The zero-order chi connectivity index (χ0) is 11.8. The molecule has 1 atom stereocenters. The number of carbonyl (C=O) groups is 1. The molecule has 1 heterocycles. The minimum absolute atomic E-state index is 0.0533. The van der Waals surface area contributed by atoms with Crippen LogP contribution in [0.2, 0.25) is 0 Å². The Balaban J connectivity index is 2.03. The molecule has 0 radical (unpaired) electrons. The van der Waals surface area contributed by atoms with Gasteiger partial charge in [0.15, 0.2) is 0 Å². The average molecular weight is 229 g/mol. The molecule has 1 saturated heterocycles. The van der Waals surface area contributed by atoms with E-state index in [9.17, 15) is 4.79 Å². The van der Waals surface area contributed by atoms with Crippen molar-refractivity contribution in [3.8, 4) is 0 Å². The van der Waals surface area contributed by atoms with Crippen LogP contribution in [0.3, 0.4) is 0 Å². The number of rotatable bonds is 5. The summed E-state index contributed by atoms with van der Waals surface area (Å²) in [7, 11) is 0. The van der Waals surface area contributed by atoms with Crippen molar-refractivity contribution in [1.82, 2.24) is 4.90 Å². The third-order valence-corrected chi connectivity index (χ3v) is 2.95. The molecule has 16 heavy (non-hydrogen) atoms. The summed E-state index contributed by atoms with van der Waals surface area (Å²) >= 11 is 0. The van der Waals surface area contributed by atoms with Gasteiger partial charge in [0.2, 0.25) is 0 Å². The Kier molecular flexibility index (Phi) is 6.23. The van der Waals surface area contributed by atoms with E-state index in [0.717, 1.165) is 26.1 Å². The largest absolute Gasteiger partial charge is 0.508 e. The second-order valence-corrected chi connectivity index (χ2v) is 4.34. The molecule has 1 fully saturated rings. The number of hydrogen-bond acceptors (Lipinski definition) is 4. The molecule has 0 saturated carbocycles. The molecule has 1 aliphatic rings. The van der Waals surface area contributed by atoms with Crippen LogP contribution in [-0.2, 0) is 9.47 Å². The zero-order valence-electron chi connectivity index (χ0n) is 10.4. The van der Waals surface area contributed by atoms with Gasteiger partial charge in [0.05, 0.1) is 0 Å². The first-order valence-electron chi connectivity index (χ1n) is 6.28. The van der Waals surface area contributed by atoms with Crippen molar-refractivity contribution in [2.45, 2.75) is 45.6 Å². The average Bonchev–Trinajstić information content (AvgIpc) is 2.30. The molecule has 94 valence electrons. The Labute approximate surface area is 97.9 Å². The molecule has 0 amide bonds. The summed E-state index contributed by atoms with van der Waals surface area (Å²) < 4.78 is 10.0. The third-order valence-electron chi connectivity index (χ3n) is 2.95. The first kappa shape index (κ1) is 13.3. The van der Waals surface area contributed by atoms with Crippen molar-refractivity contribution in [3.05, 3.63) is 0 Å². The summed E-state index contributed by atoms with van der Waals surface area (Å²) in [5.74, 6) is 0. The lowest BCUT2D eigenvalue weighted by atomic mass is 10.1. The summed E-state index contributed by atoms with van der Waals surface area (Å²) in [5.41, 5.74) is 0. The summed E-state index contributed by atoms with van der Waals surface area (Å²) in [6, 6.07) is 0. The van der Waals surface area contributed by atoms with Crippen LogP contribution in [0.5, 0.6) is 0 Å². The van der Waals surface area contributed by atoms with Gasteiger partial charge in [-0.05, 0) is 39.3 Å². The Morgan fingerprint density at radius 2 is 2.00 bits per heavy atom. The Hall–Kier alpha value is -0.770. The van der Waals surface area contributed by atoms with Gasteiger partial charge >= 0.3 is 6.16 Å². The molecule has 0 aromatic heterocycles. The quantitative estimate of drug-likeness (QED) is 0.679. The van der Waals surface area contributed by atoms with Gasteiger partial charge in [-0.15, -0.1) is 0 Å². The van der Waals surface area contributed by atoms with E-state index in [-0.39, 0.29) is 6.10 Å². The fourth-order valence-corrected chi connectivity index (χ4v) is 1.72. The van der Waals surface area contributed by atoms with Crippen LogP contribution in [0.25, 0.3) is 0 Å². The van der Waals surface area contributed by atoms with Crippen LogP contribution in [0.1, 0.15) is 39.5 Å². The highest BCUT2D eigenvalue weighted by Gasteiger charge is 2.12. The van der Waals surface area contributed by atoms with Gasteiger partial charge in [-0.3, -0.25) is 4.90 Å². The zero-order valence-corrected chi connectivity index (χ0v) is 10.4. The maximum atomic E-state index is 11.2. The number of likely N-dealkylation sites (tertiary alicyclic amines) is 1. The van der Waals surface area contributed by atoms with E-state index < -0.39 is 6.16 Å². The van der Waals surface area contributed by atoms with Crippen LogP contribution >= 0.6 is 0 Å². The van der Waals surface area contributed by atoms with E-state index in [4.69, 9.17) is 9.47 Å². The van der Waals surface area contributed by atoms with Gasteiger partial charge in [-0.2, -0.15) is 0 Å². The second kappa shape index (κ2) is 7.49. The lowest BCUT2D eigenvalue weighted by Gasteiger charge is -2.25. The van der Waals surface area contributed by atoms with Gasteiger partial charge < -0.3 is 9.47 Å². The maximum absolute atomic E-state index is 11.2. The minimum Gasteiger partial charge on any atom is -0.433 e. The summed E-state index contributed by atoms with van der Waals surface area (Å²) in [5, 5.41) is 0. The number of piperidine rings is 1. The number of ether oxygens (including phenoxy) is 2.